The lowest BCUT2D eigenvalue weighted by Gasteiger charge is -2.21. The lowest BCUT2D eigenvalue weighted by atomic mass is 9.93. The van der Waals surface area contributed by atoms with Crippen LogP contribution in [-0.2, 0) is 9.53 Å². The SMILES string of the molecule is CC1(C)CC(O)(C(F)(F)F)C(=O)O1. The van der Waals surface area contributed by atoms with Crippen molar-refractivity contribution in [3.8, 4) is 0 Å². The molecule has 0 saturated carbocycles. The summed E-state index contributed by atoms with van der Waals surface area (Å²) < 4.78 is 40.9. The van der Waals surface area contributed by atoms with Gasteiger partial charge >= 0.3 is 12.1 Å². The number of ether oxygens (including phenoxy) is 1. The fourth-order valence-corrected chi connectivity index (χ4v) is 1.28. The van der Waals surface area contributed by atoms with Crippen LogP contribution < -0.4 is 0 Å². The lowest BCUT2D eigenvalue weighted by molar-refractivity contribution is -0.250. The highest BCUT2D eigenvalue weighted by atomic mass is 19.4. The van der Waals surface area contributed by atoms with Crippen LogP contribution in [0.25, 0.3) is 0 Å². The van der Waals surface area contributed by atoms with Gasteiger partial charge in [0.25, 0.3) is 5.60 Å². The molecule has 1 atom stereocenters. The Hall–Kier alpha value is -0.780. The zero-order chi connectivity index (χ0) is 10.5. The van der Waals surface area contributed by atoms with Gasteiger partial charge in [-0.1, -0.05) is 0 Å². The highest BCUT2D eigenvalue weighted by Gasteiger charge is 2.67. The molecule has 1 unspecified atom stereocenters. The van der Waals surface area contributed by atoms with Crippen molar-refractivity contribution in [2.45, 2.75) is 37.6 Å². The monoisotopic (exact) mass is 198 g/mol. The molecule has 1 aliphatic heterocycles. The number of aliphatic hydroxyl groups is 1. The molecule has 1 fully saturated rings. The van der Waals surface area contributed by atoms with E-state index >= 15 is 0 Å². The summed E-state index contributed by atoms with van der Waals surface area (Å²) in [7, 11) is 0. The summed E-state index contributed by atoms with van der Waals surface area (Å²) in [5.74, 6) is -1.62. The molecule has 0 aromatic heterocycles. The number of carbonyl (C=O) groups excluding carboxylic acids is 1. The number of hydrogen-bond acceptors (Lipinski definition) is 3. The van der Waals surface area contributed by atoms with Gasteiger partial charge in [0.15, 0.2) is 0 Å². The summed E-state index contributed by atoms with van der Waals surface area (Å²) >= 11 is 0. The van der Waals surface area contributed by atoms with Gasteiger partial charge in [0.1, 0.15) is 5.60 Å². The van der Waals surface area contributed by atoms with Gasteiger partial charge in [0, 0.05) is 6.42 Å². The van der Waals surface area contributed by atoms with Gasteiger partial charge in [-0.25, -0.2) is 4.79 Å². The molecule has 0 amide bonds. The molecule has 1 heterocycles. The molecule has 3 nitrogen and oxygen atoms in total. The molecule has 13 heavy (non-hydrogen) atoms. The fourth-order valence-electron chi connectivity index (χ4n) is 1.28. The van der Waals surface area contributed by atoms with Gasteiger partial charge < -0.3 is 9.84 Å². The normalized spacial score (nSPS) is 33.2. The zero-order valence-corrected chi connectivity index (χ0v) is 7.10. The van der Waals surface area contributed by atoms with Gasteiger partial charge in [-0.05, 0) is 13.8 Å². The first-order chi connectivity index (χ1) is 5.58. The van der Waals surface area contributed by atoms with E-state index < -0.39 is 29.8 Å². The van der Waals surface area contributed by atoms with E-state index in [9.17, 15) is 18.0 Å². The van der Waals surface area contributed by atoms with Crippen LogP contribution in [0.15, 0.2) is 0 Å². The largest absolute Gasteiger partial charge is 0.457 e. The number of halogens is 3. The van der Waals surface area contributed by atoms with Crippen LogP contribution in [0.1, 0.15) is 20.3 Å². The molecular weight excluding hydrogens is 189 g/mol. The van der Waals surface area contributed by atoms with Gasteiger partial charge in [-0.2, -0.15) is 13.2 Å². The Balaban J connectivity index is 3.01. The van der Waals surface area contributed by atoms with E-state index in [1.54, 1.807) is 0 Å². The summed E-state index contributed by atoms with van der Waals surface area (Å²) in [5, 5.41) is 9.03. The molecule has 1 saturated heterocycles. The Bertz CT molecular complexity index is 246. The van der Waals surface area contributed by atoms with E-state index in [0.29, 0.717) is 0 Å². The van der Waals surface area contributed by atoms with Crippen molar-refractivity contribution in [2.75, 3.05) is 0 Å². The maximum Gasteiger partial charge on any atom is 0.428 e. The molecule has 0 aliphatic carbocycles. The number of carbonyl (C=O) groups is 1. The fraction of sp³-hybridized carbons (Fsp3) is 0.857. The Morgan fingerprint density at radius 3 is 2.08 bits per heavy atom. The number of cyclic esters (lactones) is 1. The van der Waals surface area contributed by atoms with E-state index in [-0.39, 0.29) is 0 Å². The third-order valence-electron chi connectivity index (χ3n) is 1.86. The van der Waals surface area contributed by atoms with Crippen LogP contribution in [0.5, 0.6) is 0 Å². The first-order valence-corrected chi connectivity index (χ1v) is 3.61. The standard InChI is InChI=1S/C7H9F3O3/c1-5(2)3-6(12,4(11)13-5)7(8,9)10/h12H,3H2,1-2H3. The molecule has 0 radical (unpaired) electrons. The molecule has 1 N–H and O–H groups in total. The molecule has 6 heteroatoms. The van der Waals surface area contributed by atoms with Crippen molar-refractivity contribution in [1.29, 1.82) is 0 Å². The van der Waals surface area contributed by atoms with Gasteiger partial charge in [0.05, 0.1) is 0 Å². The predicted octanol–water partition coefficient (Wildman–Crippen LogP) is 1.01. The van der Waals surface area contributed by atoms with Gasteiger partial charge in [-0.15, -0.1) is 0 Å². The first kappa shape index (κ1) is 10.3. The van der Waals surface area contributed by atoms with E-state index in [0.717, 1.165) is 0 Å². The highest BCUT2D eigenvalue weighted by Crippen LogP contribution is 2.43. The van der Waals surface area contributed by atoms with Crippen LogP contribution in [-0.4, -0.2) is 28.5 Å². The van der Waals surface area contributed by atoms with Crippen molar-refractivity contribution in [2.24, 2.45) is 0 Å². The molecular formula is C7H9F3O3. The maximum atomic E-state index is 12.2. The van der Waals surface area contributed by atoms with E-state index in [2.05, 4.69) is 4.74 Å². The second-order valence-electron chi connectivity index (χ2n) is 3.68. The minimum absolute atomic E-state index is 0.762. The number of esters is 1. The molecule has 1 rings (SSSR count). The molecule has 0 aromatic carbocycles. The van der Waals surface area contributed by atoms with E-state index in [1.165, 1.54) is 13.8 Å². The Kier molecular flexibility index (Phi) is 1.88. The molecule has 76 valence electrons. The van der Waals surface area contributed by atoms with Gasteiger partial charge in [-0.3, -0.25) is 0 Å². The van der Waals surface area contributed by atoms with Crippen LogP contribution >= 0.6 is 0 Å². The lowest BCUT2D eigenvalue weighted by Crippen LogP contribution is -2.49. The minimum atomic E-state index is -4.97. The van der Waals surface area contributed by atoms with E-state index in [4.69, 9.17) is 5.11 Å². The Labute approximate surface area is 72.5 Å². The van der Waals surface area contributed by atoms with Gasteiger partial charge in [0.2, 0.25) is 0 Å². The van der Waals surface area contributed by atoms with E-state index in [1.807, 2.05) is 0 Å². The summed E-state index contributed by atoms with van der Waals surface area (Å²) in [4.78, 5) is 10.8. The average Bonchev–Trinajstić information content (AvgIpc) is 2.00. The van der Waals surface area contributed by atoms with Crippen molar-refractivity contribution in [1.82, 2.24) is 0 Å². The Morgan fingerprint density at radius 1 is 1.46 bits per heavy atom. The van der Waals surface area contributed by atoms with Crippen LogP contribution in [0.2, 0.25) is 0 Å². The number of rotatable bonds is 0. The highest BCUT2D eigenvalue weighted by molar-refractivity contribution is 5.83. The molecule has 1 aliphatic rings. The summed E-state index contributed by atoms with van der Waals surface area (Å²) in [6.45, 7) is 2.63. The third kappa shape index (κ3) is 1.50. The maximum absolute atomic E-state index is 12.2. The Morgan fingerprint density at radius 2 is 1.92 bits per heavy atom. The average molecular weight is 198 g/mol. The molecule has 0 bridgehead atoms. The summed E-state index contributed by atoms with van der Waals surface area (Å²) in [5.41, 5.74) is -4.60. The second kappa shape index (κ2) is 2.37. The summed E-state index contributed by atoms with van der Waals surface area (Å²) in [6.07, 6.45) is -5.74. The second-order valence-corrected chi connectivity index (χ2v) is 3.68. The predicted molar refractivity (Wildman–Crippen MR) is 35.8 cm³/mol. The van der Waals surface area contributed by atoms with Crippen LogP contribution in [0, 0.1) is 0 Å². The third-order valence-corrected chi connectivity index (χ3v) is 1.86. The van der Waals surface area contributed by atoms with Crippen molar-refractivity contribution in [3.05, 3.63) is 0 Å². The summed E-state index contributed by atoms with van der Waals surface area (Å²) in [6, 6.07) is 0. The van der Waals surface area contributed by atoms with Crippen molar-refractivity contribution >= 4 is 5.97 Å². The zero-order valence-electron chi connectivity index (χ0n) is 7.10. The van der Waals surface area contributed by atoms with Crippen molar-refractivity contribution < 1.29 is 27.8 Å². The van der Waals surface area contributed by atoms with Crippen LogP contribution in [0.3, 0.4) is 0 Å². The quantitative estimate of drug-likeness (QED) is 0.591. The van der Waals surface area contributed by atoms with Crippen molar-refractivity contribution in [3.63, 3.8) is 0 Å². The molecule has 0 spiro atoms. The number of alkyl halides is 3. The first-order valence-electron chi connectivity index (χ1n) is 3.61. The van der Waals surface area contributed by atoms with Crippen LogP contribution in [0.4, 0.5) is 13.2 Å². The number of hydrogen-bond donors (Lipinski definition) is 1. The smallest absolute Gasteiger partial charge is 0.428 e. The molecule has 0 aromatic rings. The minimum Gasteiger partial charge on any atom is -0.457 e. The topological polar surface area (TPSA) is 46.5 Å².